The van der Waals surface area contributed by atoms with Gasteiger partial charge in [0, 0.05) is 25.0 Å². The SMILES string of the molecule is CC(F)Oc1cccc(-n2c(=O)n([C@@H](C)C(N)=O)c3cc(C(=O)CC4(C)CCS(=O)(=O)CC4)ccc32)c1. The number of ether oxygens (including phenoxy) is 1. The summed E-state index contributed by atoms with van der Waals surface area (Å²) in [5.41, 5.74) is 6.02. The molecule has 2 atom stereocenters. The van der Waals surface area contributed by atoms with Crippen molar-refractivity contribution in [1.82, 2.24) is 9.13 Å². The van der Waals surface area contributed by atoms with Crippen molar-refractivity contribution in [3.05, 3.63) is 58.5 Å². The molecule has 37 heavy (non-hydrogen) atoms. The van der Waals surface area contributed by atoms with Crippen LogP contribution in [0.2, 0.25) is 0 Å². The summed E-state index contributed by atoms with van der Waals surface area (Å²) in [6, 6.07) is 10.1. The molecule has 198 valence electrons. The lowest BCUT2D eigenvalue weighted by molar-refractivity contribution is -0.120. The number of Topliss-reactive ketones (excluding diaryl/α,β-unsaturated/α-hetero) is 1. The smallest absolute Gasteiger partial charge is 0.334 e. The van der Waals surface area contributed by atoms with Crippen LogP contribution in [0.4, 0.5) is 4.39 Å². The molecule has 9 nitrogen and oxygen atoms in total. The van der Waals surface area contributed by atoms with Crippen LogP contribution in [0.5, 0.6) is 5.75 Å². The van der Waals surface area contributed by atoms with Gasteiger partial charge >= 0.3 is 5.69 Å². The fourth-order valence-corrected chi connectivity index (χ4v) is 6.54. The Kier molecular flexibility index (Phi) is 7.02. The Morgan fingerprint density at radius 3 is 2.41 bits per heavy atom. The van der Waals surface area contributed by atoms with Crippen molar-refractivity contribution in [2.24, 2.45) is 11.1 Å². The zero-order valence-corrected chi connectivity index (χ0v) is 21.8. The topological polar surface area (TPSA) is 130 Å². The standard InChI is InChI=1S/C26H30FN3O6S/c1-16(24(28)32)29-22-13-18(23(31)15-26(3)9-11-37(34,35)12-10-26)7-8-21(22)30(25(29)33)19-5-4-6-20(14-19)36-17(2)27/h4-8,13-14,16-17H,9-12,15H2,1-3H3,(H2,28,32)/t16-,17?/m0/s1. The van der Waals surface area contributed by atoms with Crippen LogP contribution in [0.15, 0.2) is 47.3 Å². The Hall–Kier alpha value is -3.47. The van der Waals surface area contributed by atoms with Crippen molar-refractivity contribution < 1.29 is 27.1 Å². The average Bonchev–Trinajstić information content (AvgIpc) is 3.11. The van der Waals surface area contributed by atoms with Crippen LogP contribution in [-0.2, 0) is 14.6 Å². The van der Waals surface area contributed by atoms with Gasteiger partial charge in [0.1, 0.15) is 21.6 Å². The number of hydrogen-bond donors (Lipinski definition) is 1. The molecule has 1 aliphatic heterocycles. The summed E-state index contributed by atoms with van der Waals surface area (Å²) >= 11 is 0. The van der Waals surface area contributed by atoms with Gasteiger partial charge in [0.15, 0.2) is 5.78 Å². The number of fused-ring (bicyclic) bond motifs is 1. The molecule has 1 aromatic heterocycles. The second kappa shape index (κ2) is 9.77. The highest BCUT2D eigenvalue weighted by molar-refractivity contribution is 7.91. The van der Waals surface area contributed by atoms with Crippen LogP contribution in [0.25, 0.3) is 16.7 Å². The molecule has 0 spiro atoms. The number of hydrogen-bond acceptors (Lipinski definition) is 6. The highest BCUT2D eigenvalue weighted by atomic mass is 32.2. The van der Waals surface area contributed by atoms with E-state index in [0.717, 1.165) is 0 Å². The first-order valence-electron chi connectivity index (χ1n) is 12.0. The number of benzene rings is 2. The summed E-state index contributed by atoms with van der Waals surface area (Å²) in [5.74, 6) is -0.583. The Balaban J connectivity index is 1.79. The Labute approximate surface area is 213 Å². The summed E-state index contributed by atoms with van der Waals surface area (Å²) in [7, 11) is -3.07. The van der Waals surface area contributed by atoms with Gasteiger partial charge in [-0.2, -0.15) is 0 Å². The first-order chi connectivity index (χ1) is 17.3. The number of imidazole rings is 1. The monoisotopic (exact) mass is 531 g/mol. The molecule has 0 saturated carbocycles. The number of carbonyl (C=O) groups excluding carboxylic acids is 2. The van der Waals surface area contributed by atoms with Crippen LogP contribution in [0.1, 0.15) is 56.4 Å². The fourth-order valence-electron chi connectivity index (χ4n) is 4.72. The number of aromatic nitrogens is 2. The maximum absolute atomic E-state index is 13.5. The van der Waals surface area contributed by atoms with Crippen molar-refractivity contribution in [2.75, 3.05) is 11.5 Å². The van der Waals surface area contributed by atoms with Crippen molar-refractivity contribution in [3.63, 3.8) is 0 Å². The number of nitrogens with zero attached hydrogens (tertiary/aromatic N) is 2. The molecule has 1 fully saturated rings. The zero-order valence-electron chi connectivity index (χ0n) is 20.9. The van der Waals surface area contributed by atoms with Gasteiger partial charge in [-0.15, -0.1) is 0 Å². The van der Waals surface area contributed by atoms with Crippen LogP contribution < -0.4 is 16.2 Å². The quantitative estimate of drug-likeness (QED) is 0.444. The number of halogens is 1. The first-order valence-corrected chi connectivity index (χ1v) is 13.8. The third-order valence-corrected chi connectivity index (χ3v) is 8.64. The predicted molar refractivity (Wildman–Crippen MR) is 138 cm³/mol. The van der Waals surface area contributed by atoms with Gasteiger partial charge in [-0.05, 0) is 55.5 Å². The van der Waals surface area contributed by atoms with Gasteiger partial charge in [-0.3, -0.25) is 18.7 Å². The lowest BCUT2D eigenvalue weighted by atomic mass is 9.78. The van der Waals surface area contributed by atoms with Crippen LogP contribution in [-0.4, -0.2) is 47.1 Å². The van der Waals surface area contributed by atoms with E-state index >= 15 is 0 Å². The molecule has 11 heteroatoms. The van der Waals surface area contributed by atoms with Crippen molar-refractivity contribution >= 4 is 32.6 Å². The first kappa shape index (κ1) is 26.6. The number of nitrogens with two attached hydrogens (primary N) is 1. The number of alkyl halides is 1. The molecule has 1 amide bonds. The van der Waals surface area contributed by atoms with Gasteiger partial charge in [0.25, 0.3) is 0 Å². The largest absolute Gasteiger partial charge is 0.461 e. The van der Waals surface area contributed by atoms with Crippen LogP contribution in [0, 0.1) is 5.41 Å². The van der Waals surface area contributed by atoms with E-state index in [1.54, 1.807) is 36.4 Å². The Morgan fingerprint density at radius 2 is 1.78 bits per heavy atom. The van der Waals surface area contributed by atoms with E-state index in [-0.39, 0.29) is 29.5 Å². The average molecular weight is 532 g/mol. The summed E-state index contributed by atoms with van der Waals surface area (Å²) in [6.07, 6.45) is -0.591. The molecular formula is C26H30FN3O6S. The summed E-state index contributed by atoms with van der Waals surface area (Å²) in [5, 5.41) is 0. The third kappa shape index (κ3) is 5.46. The molecular weight excluding hydrogens is 501 g/mol. The van der Waals surface area contributed by atoms with Crippen molar-refractivity contribution in [3.8, 4) is 11.4 Å². The van der Waals surface area contributed by atoms with Gasteiger partial charge in [-0.1, -0.05) is 13.0 Å². The molecule has 3 aromatic rings. The Bertz CT molecular complexity index is 1530. The molecule has 1 saturated heterocycles. The van der Waals surface area contributed by atoms with Gasteiger partial charge < -0.3 is 10.5 Å². The normalized spacial score (nSPS) is 18.3. The molecule has 0 aliphatic carbocycles. The van der Waals surface area contributed by atoms with Crippen molar-refractivity contribution in [2.45, 2.75) is 52.4 Å². The number of primary amides is 1. The van der Waals surface area contributed by atoms with E-state index in [1.165, 1.54) is 29.0 Å². The molecule has 2 aromatic carbocycles. The molecule has 2 heterocycles. The molecule has 1 unspecified atom stereocenters. The number of sulfone groups is 1. The highest BCUT2D eigenvalue weighted by Gasteiger charge is 2.35. The fraction of sp³-hybridized carbons (Fsp3) is 0.423. The Morgan fingerprint density at radius 1 is 1.11 bits per heavy atom. The minimum Gasteiger partial charge on any atom is -0.461 e. The molecule has 2 N–H and O–H groups in total. The molecule has 0 radical (unpaired) electrons. The van der Waals surface area contributed by atoms with Crippen LogP contribution in [0.3, 0.4) is 0 Å². The van der Waals surface area contributed by atoms with E-state index in [4.69, 9.17) is 10.5 Å². The summed E-state index contributed by atoms with van der Waals surface area (Å²) < 4.78 is 44.8. The highest BCUT2D eigenvalue weighted by Crippen LogP contribution is 2.37. The minimum absolute atomic E-state index is 0.0539. The second-order valence-electron chi connectivity index (χ2n) is 9.99. The van der Waals surface area contributed by atoms with E-state index in [2.05, 4.69) is 0 Å². The van der Waals surface area contributed by atoms with E-state index in [0.29, 0.717) is 35.1 Å². The van der Waals surface area contributed by atoms with E-state index in [1.807, 2.05) is 6.92 Å². The van der Waals surface area contributed by atoms with E-state index < -0.39 is 39.2 Å². The minimum atomic E-state index is -3.07. The molecule has 0 bridgehead atoms. The second-order valence-corrected chi connectivity index (χ2v) is 12.3. The molecule has 1 aliphatic rings. The maximum Gasteiger partial charge on any atom is 0.334 e. The van der Waals surface area contributed by atoms with Gasteiger partial charge in [0.2, 0.25) is 12.3 Å². The predicted octanol–water partition coefficient (Wildman–Crippen LogP) is 3.32. The number of amides is 1. The summed E-state index contributed by atoms with van der Waals surface area (Å²) in [6.45, 7) is 4.65. The molecule has 4 rings (SSSR count). The van der Waals surface area contributed by atoms with Crippen molar-refractivity contribution in [1.29, 1.82) is 0 Å². The zero-order chi connectivity index (χ0) is 27.1. The van der Waals surface area contributed by atoms with Crippen LogP contribution >= 0.6 is 0 Å². The third-order valence-electron chi connectivity index (χ3n) is 6.99. The lowest BCUT2D eigenvalue weighted by Crippen LogP contribution is -2.33. The number of carbonyl (C=O) groups is 2. The summed E-state index contributed by atoms with van der Waals surface area (Å²) in [4.78, 5) is 38.9. The van der Waals surface area contributed by atoms with E-state index in [9.17, 15) is 27.2 Å². The number of ketones is 1. The lowest BCUT2D eigenvalue weighted by Gasteiger charge is -2.32. The number of rotatable bonds is 8. The van der Waals surface area contributed by atoms with Gasteiger partial charge in [0.05, 0.1) is 28.2 Å². The maximum atomic E-state index is 13.5. The van der Waals surface area contributed by atoms with Gasteiger partial charge in [-0.25, -0.2) is 17.6 Å².